The van der Waals surface area contributed by atoms with Crippen molar-refractivity contribution < 1.29 is 14.0 Å². The monoisotopic (exact) mass is 418 g/mol. The number of amides is 2. The molecule has 0 unspecified atom stereocenters. The van der Waals surface area contributed by atoms with Gasteiger partial charge in [-0.2, -0.15) is 0 Å². The zero-order chi connectivity index (χ0) is 22.1. The normalized spacial score (nSPS) is 18.4. The second-order valence-electron chi connectivity index (χ2n) is 8.04. The third-order valence-corrected chi connectivity index (χ3v) is 5.79. The van der Waals surface area contributed by atoms with Crippen LogP contribution in [0, 0.1) is 12.8 Å². The van der Waals surface area contributed by atoms with Crippen molar-refractivity contribution in [3.8, 4) is 0 Å². The van der Waals surface area contributed by atoms with Crippen LogP contribution >= 0.6 is 0 Å². The predicted molar refractivity (Wildman–Crippen MR) is 122 cm³/mol. The lowest BCUT2D eigenvalue weighted by molar-refractivity contribution is -0.125. The summed E-state index contributed by atoms with van der Waals surface area (Å²) in [5, 5.41) is 7.18. The lowest BCUT2D eigenvalue weighted by Crippen LogP contribution is -2.30. The molecule has 0 bridgehead atoms. The van der Waals surface area contributed by atoms with Crippen LogP contribution in [-0.2, 0) is 16.1 Å². The van der Waals surface area contributed by atoms with E-state index in [1.165, 1.54) is 6.08 Å². The summed E-state index contributed by atoms with van der Waals surface area (Å²) in [6.07, 6.45) is 4.90. The highest BCUT2D eigenvalue weighted by Crippen LogP contribution is 2.28. The van der Waals surface area contributed by atoms with E-state index in [9.17, 15) is 9.59 Å². The van der Waals surface area contributed by atoms with E-state index < -0.39 is 0 Å². The highest BCUT2D eigenvalue weighted by Gasteiger charge is 2.26. The lowest BCUT2D eigenvalue weighted by atomic mass is 10.0. The van der Waals surface area contributed by atoms with Gasteiger partial charge in [-0.15, -0.1) is 0 Å². The van der Waals surface area contributed by atoms with Gasteiger partial charge in [0, 0.05) is 42.9 Å². The average Bonchev–Trinajstić information content (AvgIpc) is 3.02. The molecule has 31 heavy (non-hydrogen) atoms. The van der Waals surface area contributed by atoms with Crippen molar-refractivity contribution in [2.45, 2.75) is 33.4 Å². The first-order valence-electron chi connectivity index (χ1n) is 10.3. The smallest absolute Gasteiger partial charge is 0.246 e. The summed E-state index contributed by atoms with van der Waals surface area (Å²) in [6, 6.07) is 9.69. The van der Waals surface area contributed by atoms with Gasteiger partial charge in [-0.3, -0.25) is 9.59 Å². The van der Waals surface area contributed by atoms with E-state index in [0.29, 0.717) is 12.4 Å². The Bertz CT molecular complexity index is 1180. The minimum Gasteiger partial charge on any atom is -0.461 e. The van der Waals surface area contributed by atoms with Crippen LogP contribution in [-0.4, -0.2) is 34.8 Å². The molecule has 0 fully saturated rings. The quantitative estimate of drug-likeness (QED) is 0.620. The molecule has 1 aliphatic heterocycles. The summed E-state index contributed by atoms with van der Waals surface area (Å²) in [5.41, 5.74) is 3.35. The molecule has 0 saturated carbocycles. The first-order chi connectivity index (χ1) is 14.8. The number of aromatic nitrogens is 1. The molecule has 2 atom stereocenters. The van der Waals surface area contributed by atoms with Crippen LogP contribution in [0.3, 0.4) is 0 Å². The molecule has 1 aromatic carbocycles. The van der Waals surface area contributed by atoms with Gasteiger partial charge in [0.25, 0.3) is 0 Å². The highest BCUT2D eigenvalue weighted by atomic mass is 16.3. The second-order valence-corrected chi connectivity index (χ2v) is 8.04. The molecule has 7 heteroatoms. The highest BCUT2D eigenvalue weighted by molar-refractivity contribution is 5.97. The molecule has 2 aromatic heterocycles. The number of hydrogen-bond acceptors (Lipinski definition) is 5. The van der Waals surface area contributed by atoms with Crippen LogP contribution in [0.25, 0.3) is 17.0 Å². The third-order valence-electron chi connectivity index (χ3n) is 5.79. The molecule has 3 aromatic rings. The fraction of sp³-hybridized carbons (Fsp3) is 0.292. The van der Waals surface area contributed by atoms with E-state index in [2.05, 4.69) is 15.6 Å². The van der Waals surface area contributed by atoms with E-state index in [0.717, 1.165) is 33.5 Å². The topological polar surface area (TPSA) is 87.5 Å². The minimum atomic E-state index is -0.175. The van der Waals surface area contributed by atoms with Gasteiger partial charge in [-0.25, -0.2) is 4.98 Å². The number of rotatable bonds is 4. The molecule has 0 aliphatic carbocycles. The average molecular weight is 418 g/mol. The fourth-order valence-corrected chi connectivity index (χ4v) is 3.64. The van der Waals surface area contributed by atoms with Crippen LogP contribution in [0.5, 0.6) is 0 Å². The number of likely N-dealkylation sites (N-methyl/N-ethyl adjacent to an activating group) is 1. The Hall–Kier alpha value is -3.61. The van der Waals surface area contributed by atoms with Gasteiger partial charge in [0.15, 0.2) is 5.82 Å². The SMILES string of the molecule is Cc1oc2ccccc2c1CN(C)C(=O)/C=C/c1cnc2c(c1)N[C@H](C)[C@H](C)C(=O)N2. The molecule has 2 amide bonds. The number of anilines is 2. The van der Waals surface area contributed by atoms with Crippen molar-refractivity contribution in [1.29, 1.82) is 0 Å². The molecule has 2 N–H and O–H groups in total. The molecule has 1 aliphatic rings. The van der Waals surface area contributed by atoms with Crippen molar-refractivity contribution in [3.63, 3.8) is 0 Å². The third kappa shape index (κ3) is 4.17. The summed E-state index contributed by atoms with van der Waals surface area (Å²) in [5.74, 6) is 0.961. The molecule has 0 saturated heterocycles. The molecular formula is C24H26N4O3. The summed E-state index contributed by atoms with van der Waals surface area (Å²) < 4.78 is 5.79. The predicted octanol–water partition coefficient (Wildman–Crippen LogP) is 4.20. The molecule has 3 heterocycles. The van der Waals surface area contributed by atoms with Crippen molar-refractivity contribution in [2.75, 3.05) is 17.7 Å². The Balaban J connectivity index is 1.48. The first kappa shape index (κ1) is 20.7. The summed E-state index contributed by atoms with van der Waals surface area (Å²) in [4.78, 5) is 30.8. The van der Waals surface area contributed by atoms with Crippen molar-refractivity contribution >= 4 is 40.4 Å². The lowest BCUT2D eigenvalue weighted by Gasteiger charge is -2.16. The number of fused-ring (bicyclic) bond motifs is 2. The van der Waals surface area contributed by atoms with E-state index in [1.807, 2.05) is 51.1 Å². The molecule has 7 nitrogen and oxygen atoms in total. The molecular weight excluding hydrogens is 392 g/mol. The van der Waals surface area contributed by atoms with E-state index >= 15 is 0 Å². The summed E-state index contributed by atoms with van der Waals surface area (Å²) in [6.45, 7) is 6.21. The number of nitrogens with zero attached hydrogens (tertiary/aromatic N) is 2. The van der Waals surface area contributed by atoms with Crippen molar-refractivity contribution in [2.24, 2.45) is 5.92 Å². The number of hydrogen-bond donors (Lipinski definition) is 2. The zero-order valence-electron chi connectivity index (χ0n) is 18.1. The number of carbonyl (C=O) groups excluding carboxylic acids is 2. The van der Waals surface area contributed by atoms with Crippen LogP contribution in [0.1, 0.15) is 30.7 Å². The molecule has 160 valence electrons. The number of pyridine rings is 1. The van der Waals surface area contributed by atoms with Gasteiger partial charge in [0.2, 0.25) is 11.8 Å². The second kappa shape index (κ2) is 8.26. The Labute approximate surface area is 181 Å². The number of aryl methyl sites for hydroxylation is 1. The Morgan fingerprint density at radius 1 is 1.29 bits per heavy atom. The van der Waals surface area contributed by atoms with Gasteiger partial charge in [-0.1, -0.05) is 25.1 Å². The number of carbonyl (C=O) groups is 2. The van der Waals surface area contributed by atoms with E-state index in [4.69, 9.17) is 4.42 Å². The maximum absolute atomic E-state index is 12.7. The van der Waals surface area contributed by atoms with E-state index in [1.54, 1.807) is 24.2 Å². The van der Waals surface area contributed by atoms with Crippen molar-refractivity contribution in [1.82, 2.24) is 9.88 Å². The molecule has 0 spiro atoms. The van der Waals surface area contributed by atoms with Crippen LogP contribution < -0.4 is 10.6 Å². The number of furan rings is 1. The number of benzene rings is 1. The fourth-order valence-electron chi connectivity index (χ4n) is 3.64. The van der Waals surface area contributed by atoms with Gasteiger partial charge in [0.05, 0.1) is 11.6 Å². The Morgan fingerprint density at radius 3 is 2.87 bits per heavy atom. The maximum Gasteiger partial charge on any atom is 0.246 e. The zero-order valence-corrected chi connectivity index (χ0v) is 18.1. The minimum absolute atomic E-state index is 0.0249. The van der Waals surface area contributed by atoms with Crippen LogP contribution in [0.15, 0.2) is 47.0 Å². The molecule has 0 radical (unpaired) electrons. The maximum atomic E-state index is 12.7. The Kier molecular flexibility index (Phi) is 5.50. The van der Waals surface area contributed by atoms with Crippen LogP contribution in [0.2, 0.25) is 0 Å². The van der Waals surface area contributed by atoms with E-state index in [-0.39, 0.29) is 23.8 Å². The van der Waals surface area contributed by atoms with Crippen molar-refractivity contribution in [3.05, 3.63) is 59.5 Å². The molecule has 4 rings (SSSR count). The van der Waals surface area contributed by atoms with Gasteiger partial charge < -0.3 is 20.0 Å². The number of para-hydroxylation sites is 1. The first-order valence-corrected chi connectivity index (χ1v) is 10.3. The largest absolute Gasteiger partial charge is 0.461 e. The van der Waals surface area contributed by atoms with Gasteiger partial charge >= 0.3 is 0 Å². The van der Waals surface area contributed by atoms with Gasteiger partial charge in [-0.05, 0) is 37.6 Å². The van der Waals surface area contributed by atoms with Gasteiger partial charge in [0.1, 0.15) is 11.3 Å². The number of nitrogens with one attached hydrogen (secondary N) is 2. The summed E-state index contributed by atoms with van der Waals surface area (Å²) in [7, 11) is 1.77. The van der Waals surface area contributed by atoms with Crippen LogP contribution in [0.4, 0.5) is 11.5 Å². The Morgan fingerprint density at radius 2 is 2.06 bits per heavy atom. The standard InChI is InChI=1S/C24H26N4O3/c1-14-15(2)26-20-11-17(12-25-23(20)27-24(14)30)9-10-22(29)28(4)13-19-16(3)31-21-8-6-5-7-18(19)21/h5-12,14-15,26H,13H2,1-4H3,(H,25,27,30)/b10-9+/t14-,15+/m0/s1. The summed E-state index contributed by atoms with van der Waals surface area (Å²) >= 11 is 0.